The number of fused-ring (bicyclic) bond motifs is 1. The van der Waals surface area contributed by atoms with E-state index in [1.807, 2.05) is 17.8 Å². The van der Waals surface area contributed by atoms with E-state index in [0.29, 0.717) is 10.6 Å². The highest BCUT2D eigenvalue weighted by Crippen LogP contribution is 2.34. The summed E-state index contributed by atoms with van der Waals surface area (Å²) in [6.45, 7) is 1.96. The van der Waals surface area contributed by atoms with Crippen molar-refractivity contribution in [2.45, 2.75) is 24.5 Å². The van der Waals surface area contributed by atoms with E-state index in [4.69, 9.17) is 0 Å². The van der Waals surface area contributed by atoms with E-state index in [1.165, 1.54) is 12.8 Å². The van der Waals surface area contributed by atoms with Gasteiger partial charge in [-0.1, -0.05) is 6.42 Å². The van der Waals surface area contributed by atoms with Gasteiger partial charge in [-0.25, -0.2) is 0 Å². The Morgan fingerprint density at radius 3 is 3.00 bits per heavy atom. The van der Waals surface area contributed by atoms with Gasteiger partial charge in [-0.2, -0.15) is 11.8 Å². The van der Waals surface area contributed by atoms with Crippen molar-refractivity contribution in [1.29, 1.82) is 0 Å². The molecule has 22 heavy (non-hydrogen) atoms. The van der Waals surface area contributed by atoms with Crippen LogP contribution in [-0.2, 0) is 0 Å². The molecule has 1 aliphatic heterocycles. The summed E-state index contributed by atoms with van der Waals surface area (Å²) in [4.78, 5) is 17.7. The topological polar surface area (TPSA) is 59.3 Å². The maximum atomic E-state index is 11.2. The molecule has 3 rings (SSSR count). The van der Waals surface area contributed by atoms with Gasteiger partial charge in [0.1, 0.15) is 5.52 Å². The lowest BCUT2D eigenvalue weighted by Gasteiger charge is -2.26. The van der Waals surface area contributed by atoms with Crippen LogP contribution in [0.25, 0.3) is 10.9 Å². The van der Waals surface area contributed by atoms with Crippen molar-refractivity contribution >= 4 is 34.0 Å². The third kappa shape index (κ3) is 2.88. The molecule has 5 nitrogen and oxygen atoms in total. The summed E-state index contributed by atoms with van der Waals surface area (Å²) in [5, 5.41) is 12.4. The van der Waals surface area contributed by atoms with Crippen molar-refractivity contribution in [1.82, 2.24) is 4.98 Å². The molecule has 1 aliphatic rings. The average Bonchev–Trinajstić information content (AvgIpc) is 2.79. The average molecular weight is 317 g/mol. The maximum Gasteiger partial charge on any atom is 0.278 e. The minimum atomic E-state index is -0.332. The van der Waals surface area contributed by atoms with E-state index in [-0.39, 0.29) is 10.6 Å². The monoisotopic (exact) mass is 317 g/mol. The van der Waals surface area contributed by atoms with Crippen molar-refractivity contribution in [3.8, 4) is 0 Å². The molecule has 1 atom stereocenters. The fourth-order valence-corrected chi connectivity index (χ4v) is 3.80. The van der Waals surface area contributed by atoms with Crippen LogP contribution in [0.3, 0.4) is 0 Å². The Labute approximate surface area is 133 Å². The molecule has 116 valence electrons. The van der Waals surface area contributed by atoms with Crippen molar-refractivity contribution in [3.63, 3.8) is 0 Å². The van der Waals surface area contributed by atoms with Crippen LogP contribution in [0.1, 0.15) is 19.3 Å². The Kier molecular flexibility index (Phi) is 4.47. The Balaban J connectivity index is 2.07. The van der Waals surface area contributed by atoms with Gasteiger partial charge in [0.05, 0.1) is 16.0 Å². The molecule has 0 bridgehead atoms. The largest absolute Gasteiger partial charge is 0.369 e. The highest BCUT2D eigenvalue weighted by Gasteiger charge is 2.22. The smallest absolute Gasteiger partial charge is 0.278 e. The molecule has 0 radical (unpaired) electrons. The lowest BCUT2D eigenvalue weighted by molar-refractivity contribution is -0.383. The summed E-state index contributed by atoms with van der Waals surface area (Å²) in [5.74, 6) is 0. The molecule has 2 aromatic rings. The van der Waals surface area contributed by atoms with Crippen LogP contribution in [0, 0.1) is 10.1 Å². The lowest BCUT2D eigenvalue weighted by Crippen LogP contribution is -2.29. The number of pyridine rings is 1. The van der Waals surface area contributed by atoms with Crippen LogP contribution in [0.2, 0.25) is 0 Å². The number of nitro groups is 1. The molecule has 1 unspecified atom stereocenters. The quantitative estimate of drug-likeness (QED) is 0.635. The number of hydrogen-bond acceptors (Lipinski definition) is 5. The second-order valence-corrected chi connectivity index (χ2v) is 6.70. The number of thioether (sulfide) groups is 1. The summed E-state index contributed by atoms with van der Waals surface area (Å²) in [5.41, 5.74) is 1.88. The molecule has 0 saturated carbocycles. The second kappa shape index (κ2) is 6.52. The number of hydrogen-bond donors (Lipinski definition) is 0. The molecule has 1 aromatic carbocycles. The van der Waals surface area contributed by atoms with Crippen molar-refractivity contribution < 1.29 is 4.92 Å². The number of non-ortho nitro benzene ring substituents is 1. The van der Waals surface area contributed by atoms with Gasteiger partial charge in [-0.15, -0.1) is 0 Å². The third-order valence-electron chi connectivity index (χ3n) is 4.22. The maximum absolute atomic E-state index is 11.2. The molecule has 2 heterocycles. The van der Waals surface area contributed by atoms with Gasteiger partial charge in [0, 0.05) is 30.6 Å². The number of benzene rings is 1. The minimum Gasteiger partial charge on any atom is -0.369 e. The molecule has 0 aliphatic carbocycles. The number of nitrogens with zero attached hydrogens (tertiary/aromatic N) is 3. The predicted molar refractivity (Wildman–Crippen MR) is 91.8 cm³/mol. The standard InChI is InChI=1S/C16H19N3O2S/c1-22-12-5-2-3-10-18(11-12)15-8-7-14(19(20)21)13-6-4-9-17-16(13)15/h4,6-9,12H,2-3,5,10-11H2,1H3. The van der Waals surface area contributed by atoms with Crippen LogP contribution in [-0.4, -0.2) is 34.5 Å². The highest BCUT2D eigenvalue weighted by atomic mass is 32.2. The summed E-state index contributed by atoms with van der Waals surface area (Å²) in [7, 11) is 0. The molecule has 0 N–H and O–H groups in total. The molecule has 1 saturated heterocycles. The zero-order valence-electron chi connectivity index (χ0n) is 12.6. The van der Waals surface area contributed by atoms with Gasteiger partial charge in [0.25, 0.3) is 5.69 Å². The molecule has 6 heteroatoms. The van der Waals surface area contributed by atoms with Gasteiger partial charge in [-0.3, -0.25) is 15.1 Å². The van der Waals surface area contributed by atoms with Gasteiger partial charge < -0.3 is 4.90 Å². The van der Waals surface area contributed by atoms with Gasteiger partial charge in [0.15, 0.2) is 0 Å². The van der Waals surface area contributed by atoms with Crippen LogP contribution in [0.4, 0.5) is 11.4 Å². The van der Waals surface area contributed by atoms with Crippen LogP contribution < -0.4 is 4.90 Å². The van der Waals surface area contributed by atoms with Crippen LogP contribution in [0.15, 0.2) is 30.5 Å². The highest BCUT2D eigenvalue weighted by molar-refractivity contribution is 7.99. The van der Waals surface area contributed by atoms with E-state index in [1.54, 1.807) is 24.4 Å². The van der Waals surface area contributed by atoms with Gasteiger partial charge in [-0.05, 0) is 37.3 Å². The minimum absolute atomic E-state index is 0.128. The van der Waals surface area contributed by atoms with E-state index >= 15 is 0 Å². The van der Waals surface area contributed by atoms with Crippen LogP contribution in [0.5, 0.6) is 0 Å². The van der Waals surface area contributed by atoms with E-state index < -0.39 is 0 Å². The Bertz CT molecular complexity index is 692. The zero-order chi connectivity index (χ0) is 15.5. The number of rotatable bonds is 3. The van der Waals surface area contributed by atoms with Crippen molar-refractivity contribution in [3.05, 3.63) is 40.6 Å². The van der Waals surface area contributed by atoms with E-state index in [0.717, 1.165) is 30.7 Å². The van der Waals surface area contributed by atoms with E-state index in [2.05, 4.69) is 16.1 Å². The molecule has 0 amide bonds. The third-order valence-corrected chi connectivity index (χ3v) is 5.28. The second-order valence-electron chi connectivity index (χ2n) is 5.56. The molecule has 0 spiro atoms. The number of aromatic nitrogens is 1. The number of anilines is 1. The van der Waals surface area contributed by atoms with Crippen molar-refractivity contribution in [2.24, 2.45) is 0 Å². The summed E-state index contributed by atoms with van der Waals surface area (Å²) in [6, 6.07) is 7.01. The Morgan fingerprint density at radius 2 is 2.23 bits per heavy atom. The SMILES string of the molecule is CSC1CCCCN(c2ccc([N+](=O)[O-])c3cccnc23)C1. The van der Waals surface area contributed by atoms with E-state index in [9.17, 15) is 10.1 Å². The fourth-order valence-electron chi connectivity index (χ4n) is 3.07. The first kappa shape index (κ1) is 15.1. The summed E-state index contributed by atoms with van der Waals surface area (Å²) >= 11 is 1.90. The first-order valence-electron chi connectivity index (χ1n) is 7.50. The first-order chi connectivity index (χ1) is 10.7. The summed E-state index contributed by atoms with van der Waals surface area (Å²) in [6.07, 6.45) is 7.48. The first-order valence-corrected chi connectivity index (χ1v) is 8.79. The van der Waals surface area contributed by atoms with Crippen LogP contribution >= 0.6 is 11.8 Å². The fraction of sp³-hybridized carbons (Fsp3) is 0.438. The molecular weight excluding hydrogens is 298 g/mol. The molecule has 1 fully saturated rings. The lowest BCUT2D eigenvalue weighted by atomic mass is 10.1. The molecule has 1 aromatic heterocycles. The Morgan fingerprint density at radius 1 is 1.36 bits per heavy atom. The Hall–Kier alpha value is -1.82. The summed E-state index contributed by atoms with van der Waals surface area (Å²) < 4.78 is 0. The van der Waals surface area contributed by atoms with Crippen molar-refractivity contribution in [2.75, 3.05) is 24.2 Å². The predicted octanol–water partition coefficient (Wildman–Crippen LogP) is 3.86. The zero-order valence-corrected chi connectivity index (χ0v) is 13.4. The molecular formula is C16H19N3O2S. The van der Waals surface area contributed by atoms with Gasteiger partial charge in [0.2, 0.25) is 0 Å². The van der Waals surface area contributed by atoms with Gasteiger partial charge >= 0.3 is 0 Å². The number of nitro benzene ring substituents is 1. The normalized spacial score (nSPS) is 19.1.